The zero-order valence-corrected chi connectivity index (χ0v) is 16.2. The van der Waals surface area contributed by atoms with Crippen molar-refractivity contribution in [2.45, 2.75) is 25.8 Å². The second-order valence-corrected chi connectivity index (χ2v) is 7.25. The molecule has 0 fully saturated rings. The predicted molar refractivity (Wildman–Crippen MR) is 112 cm³/mol. The summed E-state index contributed by atoms with van der Waals surface area (Å²) < 4.78 is 7.25. The molecule has 0 atom stereocenters. The van der Waals surface area contributed by atoms with Crippen molar-refractivity contribution in [1.29, 1.82) is 0 Å². The molecular formula is C23H20N4O3. The fourth-order valence-corrected chi connectivity index (χ4v) is 3.93. The first-order chi connectivity index (χ1) is 14.7. The Labute approximate surface area is 172 Å². The summed E-state index contributed by atoms with van der Waals surface area (Å²) in [5, 5.41) is 7.59. The number of H-pyrrole nitrogens is 1. The number of benzene rings is 1. The van der Waals surface area contributed by atoms with Crippen molar-refractivity contribution < 1.29 is 9.21 Å². The van der Waals surface area contributed by atoms with Crippen molar-refractivity contribution in [2.24, 2.45) is 0 Å². The average Bonchev–Trinajstić information content (AvgIpc) is 3.51. The van der Waals surface area contributed by atoms with Crippen molar-refractivity contribution in [1.82, 2.24) is 20.1 Å². The highest BCUT2D eigenvalue weighted by Crippen LogP contribution is 2.27. The molecule has 0 spiro atoms. The molecule has 3 heterocycles. The van der Waals surface area contributed by atoms with Gasteiger partial charge in [-0.15, -0.1) is 0 Å². The number of pyridine rings is 1. The number of nitrogens with one attached hydrogen (secondary N) is 2. The Morgan fingerprint density at radius 2 is 1.97 bits per heavy atom. The number of para-hydroxylation sites is 1. The number of carbonyl (C=O) groups excluding carboxylic acids is 1. The van der Waals surface area contributed by atoms with Crippen molar-refractivity contribution in [3.8, 4) is 17.1 Å². The van der Waals surface area contributed by atoms with E-state index in [0.717, 1.165) is 30.6 Å². The number of aromatic amines is 1. The third kappa shape index (κ3) is 3.24. The van der Waals surface area contributed by atoms with Crippen LogP contribution in [0.1, 0.15) is 33.7 Å². The minimum absolute atomic E-state index is 0.0597. The second-order valence-electron chi connectivity index (χ2n) is 7.25. The van der Waals surface area contributed by atoms with Crippen LogP contribution in [-0.4, -0.2) is 20.7 Å². The lowest BCUT2D eigenvalue weighted by molar-refractivity contribution is 0.0949. The number of nitrogens with zero attached hydrogens (tertiary/aromatic N) is 2. The first-order valence-electron chi connectivity index (χ1n) is 9.91. The summed E-state index contributed by atoms with van der Waals surface area (Å²) in [6, 6.07) is 16.6. The number of amides is 1. The smallest absolute Gasteiger partial charge is 0.261 e. The summed E-state index contributed by atoms with van der Waals surface area (Å²) in [6.07, 6.45) is 4.53. The fraction of sp³-hybridized carbons (Fsp3) is 0.174. The largest absolute Gasteiger partial charge is 0.463 e. The molecule has 0 unspecified atom stereocenters. The zero-order valence-electron chi connectivity index (χ0n) is 16.2. The molecular weight excluding hydrogens is 380 g/mol. The molecule has 0 aliphatic heterocycles. The van der Waals surface area contributed by atoms with Crippen LogP contribution in [0.2, 0.25) is 0 Å². The summed E-state index contributed by atoms with van der Waals surface area (Å²) >= 11 is 0. The quantitative estimate of drug-likeness (QED) is 0.538. The van der Waals surface area contributed by atoms with Crippen molar-refractivity contribution in [3.63, 3.8) is 0 Å². The molecule has 1 aliphatic rings. The molecule has 150 valence electrons. The molecule has 1 aromatic carbocycles. The minimum atomic E-state index is -0.457. The number of furan rings is 1. The summed E-state index contributed by atoms with van der Waals surface area (Å²) in [5.74, 6) is 0.115. The van der Waals surface area contributed by atoms with E-state index in [1.165, 1.54) is 23.6 Å². The topological polar surface area (TPSA) is 92.9 Å². The molecule has 0 saturated heterocycles. The van der Waals surface area contributed by atoms with Gasteiger partial charge in [-0.1, -0.05) is 18.2 Å². The number of fused-ring (bicyclic) bond motifs is 1. The number of hydrogen-bond acceptors (Lipinski definition) is 4. The Morgan fingerprint density at radius 1 is 1.10 bits per heavy atom. The van der Waals surface area contributed by atoms with Gasteiger partial charge in [-0.05, 0) is 61.2 Å². The van der Waals surface area contributed by atoms with E-state index in [9.17, 15) is 9.59 Å². The lowest BCUT2D eigenvalue weighted by Gasteiger charge is -2.06. The van der Waals surface area contributed by atoms with Gasteiger partial charge in [0.2, 0.25) is 0 Å². The molecule has 3 aromatic heterocycles. The maximum Gasteiger partial charge on any atom is 0.261 e. The van der Waals surface area contributed by atoms with E-state index in [-0.39, 0.29) is 12.1 Å². The van der Waals surface area contributed by atoms with Crippen LogP contribution in [0.5, 0.6) is 0 Å². The van der Waals surface area contributed by atoms with Gasteiger partial charge in [0.15, 0.2) is 0 Å². The predicted octanol–water partition coefficient (Wildman–Crippen LogP) is 3.24. The summed E-state index contributed by atoms with van der Waals surface area (Å²) in [5.41, 5.74) is 4.39. The van der Waals surface area contributed by atoms with Gasteiger partial charge in [0.1, 0.15) is 11.3 Å². The Bertz CT molecular complexity index is 1250. The first-order valence-corrected chi connectivity index (χ1v) is 9.91. The minimum Gasteiger partial charge on any atom is -0.463 e. The van der Waals surface area contributed by atoms with Crippen LogP contribution < -0.4 is 10.9 Å². The van der Waals surface area contributed by atoms with Crippen LogP contribution in [0.3, 0.4) is 0 Å². The SMILES string of the molecule is O=C(NCc1nn(-c2ccccc2)c2c1CCC2)c1ccc(-c2ccco2)[nH]c1=O. The zero-order chi connectivity index (χ0) is 20.5. The van der Waals surface area contributed by atoms with Crippen LogP contribution in [0.25, 0.3) is 17.1 Å². The monoisotopic (exact) mass is 400 g/mol. The van der Waals surface area contributed by atoms with E-state index in [1.54, 1.807) is 18.2 Å². The molecule has 7 heteroatoms. The maximum absolute atomic E-state index is 12.6. The number of hydrogen-bond donors (Lipinski definition) is 2. The number of rotatable bonds is 5. The Balaban J connectivity index is 1.36. The van der Waals surface area contributed by atoms with E-state index < -0.39 is 11.5 Å². The van der Waals surface area contributed by atoms with Gasteiger partial charge < -0.3 is 14.7 Å². The van der Waals surface area contributed by atoms with Gasteiger partial charge in [-0.3, -0.25) is 9.59 Å². The van der Waals surface area contributed by atoms with Gasteiger partial charge >= 0.3 is 0 Å². The molecule has 4 aromatic rings. The Hall–Kier alpha value is -3.87. The standard InChI is InChI=1S/C23H20N4O3/c28-22(17-11-12-18(25-23(17)29)21-10-5-13-30-21)24-14-19-16-8-4-9-20(16)27(26-19)15-6-2-1-3-7-15/h1-3,5-7,10-13H,4,8-9,14H2,(H,24,28)(H,25,29). The Morgan fingerprint density at radius 3 is 2.73 bits per heavy atom. The van der Waals surface area contributed by atoms with Gasteiger partial charge in [0.05, 0.1) is 29.9 Å². The normalized spacial score (nSPS) is 12.7. The summed E-state index contributed by atoms with van der Waals surface area (Å²) in [7, 11) is 0. The van der Waals surface area contributed by atoms with E-state index >= 15 is 0 Å². The molecule has 0 radical (unpaired) electrons. The van der Waals surface area contributed by atoms with Gasteiger partial charge in [-0.2, -0.15) is 5.10 Å². The lowest BCUT2D eigenvalue weighted by Crippen LogP contribution is -2.29. The van der Waals surface area contributed by atoms with Crippen LogP contribution in [0.15, 0.2) is 70.1 Å². The van der Waals surface area contributed by atoms with Crippen molar-refractivity contribution in [2.75, 3.05) is 0 Å². The summed E-state index contributed by atoms with van der Waals surface area (Å²) in [6.45, 7) is 0.278. The third-order valence-electron chi connectivity index (χ3n) is 5.37. The van der Waals surface area contributed by atoms with Gasteiger partial charge in [0, 0.05) is 5.69 Å². The molecule has 0 saturated carbocycles. The maximum atomic E-state index is 12.6. The van der Waals surface area contributed by atoms with Crippen molar-refractivity contribution >= 4 is 5.91 Å². The molecule has 1 aliphatic carbocycles. The number of carbonyl (C=O) groups is 1. The van der Waals surface area contributed by atoms with Crippen LogP contribution in [-0.2, 0) is 19.4 Å². The second kappa shape index (κ2) is 7.51. The Kier molecular flexibility index (Phi) is 4.55. The average molecular weight is 400 g/mol. The van der Waals surface area contributed by atoms with Gasteiger partial charge in [-0.25, -0.2) is 4.68 Å². The van der Waals surface area contributed by atoms with E-state index in [1.807, 2.05) is 35.0 Å². The molecule has 0 bridgehead atoms. The molecule has 5 rings (SSSR count). The highest BCUT2D eigenvalue weighted by atomic mass is 16.3. The third-order valence-corrected chi connectivity index (χ3v) is 5.37. The van der Waals surface area contributed by atoms with E-state index in [4.69, 9.17) is 9.52 Å². The van der Waals surface area contributed by atoms with Crippen LogP contribution >= 0.6 is 0 Å². The molecule has 1 amide bonds. The van der Waals surface area contributed by atoms with Crippen LogP contribution in [0.4, 0.5) is 0 Å². The molecule has 30 heavy (non-hydrogen) atoms. The lowest BCUT2D eigenvalue weighted by atomic mass is 10.2. The van der Waals surface area contributed by atoms with E-state index in [2.05, 4.69) is 10.3 Å². The van der Waals surface area contributed by atoms with Crippen LogP contribution in [0, 0.1) is 0 Å². The first kappa shape index (κ1) is 18.2. The highest BCUT2D eigenvalue weighted by Gasteiger charge is 2.23. The van der Waals surface area contributed by atoms with E-state index in [0.29, 0.717) is 11.5 Å². The van der Waals surface area contributed by atoms with Crippen molar-refractivity contribution in [3.05, 3.63) is 93.7 Å². The fourth-order valence-electron chi connectivity index (χ4n) is 3.93. The number of aromatic nitrogens is 3. The van der Waals surface area contributed by atoms with Gasteiger partial charge in [0.25, 0.3) is 11.5 Å². The molecule has 7 nitrogen and oxygen atoms in total. The highest BCUT2D eigenvalue weighted by molar-refractivity contribution is 5.94. The summed E-state index contributed by atoms with van der Waals surface area (Å²) in [4.78, 5) is 27.7. The molecule has 2 N–H and O–H groups in total.